The van der Waals surface area contributed by atoms with Crippen LogP contribution >= 0.6 is 27.7 Å². The molecule has 0 heterocycles. The molecule has 0 aliphatic rings. The van der Waals surface area contributed by atoms with Crippen molar-refractivity contribution in [1.82, 2.24) is 0 Å². The molecule has 1 amide bonds. The predicted molar refractivity (Wildman–Crippen MR) is 114 cm³/mol. The van der Waals surface area contributed by atoms with Gasteiger partial charge < -0.3 is 5.32 Å². The van der Waals surface area contributed by atoms with Crippen molar-refractivity contribution in [1.29, 1.82) is 0 Å². The lowest BCUT2D eigenvalue weighted by Crippen LogP contribution is -2.11. The summed E-state index contributed by atoms with van der Waals surface area (Å²) in [4.78, 5) is 13.7. The molecular weight excluding hydrogens is 406 g/mol. The highest BCUT2D eigenvalue weighted by atomic mass is 79.9. The summed E-state index contributed by atoms with van der Waals surface area (Å²) >= 11 is 5.27. The first kappa shape index (κ1) is 18.7. The highest BCUT2D eigenvalue weighted by Gasteiger charge is 2.07. The van der Waals surface area contributed by atoms with Crippen LogP contribution in [0.15, 0.2) is 76.1 Å². The van der Waals surface area contributed by atoms with E-state index in [0.717, 1.165) is 21.5 Å². The average Bonchev–Trinajstić information content (AvgIpc) is 2.65. The van der Waals surface area contributed by atoms with Crippen molar-refractivity contribution in [3.8, 4) is 0 Å². The van der Waals surface area contributed by atoms with Gasteiger partial charge in [0, 0.05) is 26.4 Å². The lowest BCUT2D eigenvalue weighted by atomic mass is 10.1. The summed E-state index contributed by atoms with van der Waals surface area (Å²) in [5.74, 6) is 0.793. The van der Waals surface area contributed by atoms with Crippen LogP contribution in [-0.2, 0) is 5.75 Å². The molecule has 0 radical (unpaired) electrons. The van der Waals surface area contributed by atoms with Crippen molar-refractivity contribution < 1.29 is 4.79 Å². The molecule has 0 spiro atoms. The van der Waals surface area contributed by atoms with Gasteiger partial charge in [0.05, 0.1) is 0 Å². The van der Waals surface area contributed by atoms with Crippen LogP contribution in [0.2, 0.25) is 0 Å². The molecule has 0 fully saturated rings. The monoisotopic (exact) mass is 425 g/mol. The van der Waals surface area contributed by atoms with Crippen LogP contribution < -0.4 is 5.32 Å². The fraction of sp³-hybridized carbons (Fsp3) is 0.136. The Balaban J connectivity index is 1.60. The van der Waals surface area contributed by atoms with Crippen molar-refractivity contribution in [3.05, 3.63) is 93.5 Å². The van der Waals surface area contributed by atoms with Gasteiger partial charge >= 0.3 is 0 Å². The summed E-state index contributed by atoms with van der Waals surface area (Å²) < 4.78 is 1.03. The van der Waals surface area contributed by atoms with Crippen LogP contribution in [0, 0.1) is 13.8 Å². The van der Waals surface area contributed by atoms with Gasteiger partial charge in [-0.25, -0.2) is 0 Å². The predicted octanol–water partition coefficient (Wildman–Crippen LogP) is 6.61. The maximum absolute atomic E-state index is 12.4. The molecule has 0 unspecified atom stereocenters. The minimum Gasteiger partial charge on any atom is -0.322 e. The molecule has 0 aromatic heterocycles. The number of benzene rings is 3. The highest BCUT2D eigenvalue weighted by molar-refractivity contribution is 9.10. The molecule has 132 valence electrons. The Bertz CT molecular complexity index is 904. The normalized spacial score (nSPS) is 10.6. The van der Waals surface area contributed by atoms with E-state index < -0.39 is 0 Å². The minimum atomic E-state index is -0.0931. The smallest absolute Gasteiger partial charge is 0.255 e. The van der Waals surface area contributed by atoms with E-state index in [9.17, 15) is 4.79 Å². The fourth-order valence-electron chi connectivity index (χ4n) is 2.48. The van der Waals surface area contributed by atoms with Crippen molar-refractivity contribution in [2.75, 3.05) is 5.32 Å². The number of thioether (sulfide) groups is 1. The van der Waals surface area contributed by atoms with Crippen LogP contribution in [0.3, 0.4) is 0 Å². The lowest BCUT2D eigenvalue weighted by Gasteiger charge is -2.08. The lowest BCUT2D eigenvalue weighted by molar-refractivity contribution is 0.102. The summed E-state index contributed by atoms with van der Waals surface area (Å²) in [6, 6.07) is 22.1. The molecule has 26 heavy (non-hydrogen) atoms. The van der Waals surface area contributed by atoms with Crippen LogP contribution in [0.4, 0.5) is 5.69 Å². The maximum Gasteiger partial charge on any atom is 0.255 e. The second-order valence-electron chi connectivity index (χ2n) is 6.22. The van der Waals surface area contributed by atoms with E-state index in [1.807, 2.05) is 49.4 Å². The van der Waals surface area contributed by atoms with E-state index in [4.69, 9.17) is 0 Å². The van der Waals surface area contributed by atoms with E-state index in [0.29, 0.717) is 5.56 Å². The third-order valence-corrected chi connectivity index (χ3v) is 6.03. The number of carbonyl (C=O) groups is 1. The zero-order valence-corrected chi connectivity index (χ0v) is 17.2. The van der Waals surface area contributed by atoms with Crippen molar-refractivity contribution in [2.24, 2.45) is 0 Å². The summed E-state index contributed by atoms with van der Waals surface area (Å²) in [6.07, 6.45) is 0. The molecule has 4 heteroatoms. The summed E-state index contributed by atoms with van der Waals surface area (Å²) in [5.41, 5.74) is 5.02. The van der Waals surface area contributed by atoms with E-state index >= 15 is 0 Å². The molecule has 1 N–H and O–H groups in total. The first-order chi connectivity index (χ1) is 12.5. The largest absolute Gasteiger partial charge is 0.322 e. The zero-order valence-electron chi connectivity index (χ0n) is 14.8. The molecule has 3 aromatic carbocycles. The standard InChI is InChI=1S/C22H20BrNOS/c1-15-3-10-20(11-4-15)26-14-17-5-7-18(8-6-17)22(25)24-19-9-12-21(23)16(2)13-19/h3-13H,14H2,1-2H3,(H,24,25). The quantitative estimate of drug-likeness (QED) is 0.465. The molecule has 0 atom stereocenters. The highest BCUT2D eigenvalue weighted by Crippen LogP contribution is 2.24. The minimum absolute atomic E-state index is 0.0931. The average molecular weight is 426 g/mol. The number of anilines is 1. The Morgan fingerprint density at radius 3 is 2.31 bits per heavy atom. The number of hydrogen-bond acceptors (Lipinski definition) is 2. The Morgan fingerprint density at radius 1 is 0.962 bits per heavy atom. The fourth-order valence-corrected chi connectivity index (χ4v) is 3.58. The van der Waals surface area contributed by atoms with Crippen LogP contribution in [0.1, 0.15) is 27.0 Å². The topological polar surface area (TPSA) is 29.1 Å². The molecule has 3 aromatic rings. The molecule has 0 saturated carbocycles. The van der Waals surface area contributed by atoms with Gasteiger partial charge in [-0.1, -0.05) is 45.8 Å². The van der Waals surface area contributed by atoms with E-state index in [-0.39, 0.29) is 5.91 Å². The SMILES string of the molecule is Cc1ccc(SCc2ccc(C(=O)Nc3ccc(Br)c(C)c3)cc2)cc1. The van der Waals surface area contributed by atoms with Gasteiger partial charge in [-0.05, 0) is 67.4 Å². The maximum atomic E-state index is 12.4. The summed E-state index contributed by atoms with van der Waals surface area (Å²) in [5, 5.41) is 2.94. The van der Waals surface area contributed by atoms with Crippen LogP contribution in [0.5, 0.6) is 0 Å². The molecular formula is C22H20BrNOS. The van der Waals surface area contributed by atoms with Crippen molar-refractivity contribution in [3.63, 3.8) is 0 Å². The van der Waals surface area contributed by atoms with E-state index in [1.54, 1.807) is 11.8 Å². The number of rotatable bonds is 5. The van der Waals surface area contributed by atoms with Gasteiger partial charge in [0.2, 0.25) is 0 Å². The number of halogens is 1. The molecule has 0 aliphatic carbocycles. The second kappa shape index (κ2) is 8.56. The zero-order chi connectivity index (χ0) is 18.5. The number of amides is 1. The van der Waals surface area contributed by atoms with Gasteiger partial charge in [-0.2, -0.15) is 0 Å². The van der Waals surface area contributed by atoms with Crippen molar-refractivity contribution in [2.45, 2.75) is 24.5 Å². The van der Waals surface area contributed by atoms with E-state index in [2.05, 4.69) is 52.4 Å². The summed E-state index contributed by atoms with van der Waals surface area (Å²) in [6.45, 7) is 4.09. The van der Waals surface area contributed by atoms with Gasteiger partial charge in [-0.3, -0.25) is 4.79 Å². The van der Waals surface area contributed by atoms with Gasteiger partial charge in [0.1, 0.15) is 0 Å². The number of nitrogens with one attached hydrogen (secondary N) is 1. The second-order valence-corrected chi connectivity index (χ2v) is 8.12. The van der Waals surface area contributed by atoms with Crippen LogP contribution in [0.25, 0.3) is 0 Å². The Hall–Kier alpha value is -2.04. The van der Waals surface area contributed by atoms with Gasteiger partial charge in [-0.15, -0.1) is 11.8 Å². The Kier molecular flexibility index (Phi) is 6.17. The number of carbonyl (C=O) groups excluding carboxylic acids is 1. The molecule has 0 saturated heterocycles. The Labute approximate surface area is 167 Å². The van der Waals surface area contributed by atoms with Gasteiger partial charge in [0.25, 0.3) is 5.91 Å². The number of hydrogen-bond donors (Lipinski definition) is 1. The summed E-state index contributed by atoms with van der Waals surface area (Å²) in [7, 11) is 0. The third kappa shape index (κ3) is 4.99. The molecule has 0 aliphatic heterocycles. The molecule has 0 bridgehead atoms. The van der Waals surface area contributed by atoms with Crippen molar-refractivity contribution >= 4 is 39.3 Å². The van der Waals surface area contributed by atoms with E-state index in [1.165, 1.54) is 16.0 Å². The third-order valence-electron chi connectivity index (χ3n) is 4.06. The first-order valence-corrected chi connectivity index (χ1v) is 10.1. The molecule has 2 nitrogen and oxygen atoms in total. The number of aryl methyl sites for hydroxylation is 2. The van der Waals surface area contributed by atoms with Crippen LogP contribution in [-0.4, -0.2) is 5.91 Å². The Morgan fingerprint density at radius 2 is 1.65 bits per heavy atom. The molecule has 3 rings (SSSR count). The van der Waals surface area contributed by atoms with Gasteiger partial charge in [0.15, 0.2) is 0 Å². The first-order valence-electron chi connectivity index (χ1n) is 8.37.